The Morgan fingerprint density at radius 3 is 2.43 bits per heavy atom. The molecule has 0 saturated carbocycles. The van der Waals surface area contributed by atoms with Crippen molar-refractivity contribution < 1.29 is 32.3 Å². The van der Waals surface area contributed by atoms with Crippen LogP contribution in [0.2, 0.25) is 10.0 Å². The van der Waals surface area contributed by atoms with E-state index in [0.29, 0.717) is 16.0 Å². The van der Waals surface area contributed by atoms with Gasteiger partial charge in [0, 0.05) is 5.02 Å². The number of hydrogen-bond acceptors (Lipinski definition) is 5. The second-order valence-electron chi connectivity index (χ2n) is 8.00. The van der Waals surface area contributed by atoms with Crippen LogP contribution in [0, 0.1) is 0 Å². The fourth-order valence-corrected chi connectivity index (χ4v) is 3.98. The lowest BCUT2D eigenvalue weighted by Gasteiger charge is -2.18. The number of amides is 3. The number of halogens is 5. The van der Waals surface area contributed by atoms with Crippen molar-refractivity contribution in [2.24, 2.45) is 0 Å². The van der Waals surface area contributed by atoms with Gasteiger partial charge in [-0.05, 0) is 48.0 Å². The van der Waals surface area contributed by atoms with Gasteiger partial charge in [0.1, 0.15) is 18.4 Å². The van der Waals surface area contributed by atoms with Crippen LogP contribution in [-0.4, -0.2) is 23.8 Å². The number of carbonyl (C=O) groups is 3. The zero-order valence-electron chi connectivity index (χ0n) is 18.8. The minimum Gasteiger partial charge on any atom is -0.488 e. The molecule has 1 atom stereocenters. The van der Waals surface area contributed by atoms with Gasteiger partial charge >= 0.3 is 6.18 Å². The number of rotatable bonds is 7. The first-order valence-electron chi connectivity index (χ1n) is 10.8. The predicted molar refractivity (Wildman–Crippen MR) is 130 cm³/mol. The number of para-hydroxylation sites is 1. The molecule has 192 valence electrons. The summed E-state index contributed by atoms with van der Waals surface area (Å²) in [6, 6.07) is 14.9. The van der Waals surface area contributed by atoms with Gasteiger partial charge in [0.2, 0.25) is 5.91 Å². The molecular formula is C25H18Cl2F3N3O4. The smallest absolute Gasteiger partial charge is 0.417 e. The van der Waals surface area contributed by atoms with E-state index in [4.69, 9.17) is 27.9 Å². The molecule has 37 heavy (non-hydrogen) atoms. The Kier molecular flexibility index (Phi) is 7.72. The average molecular weight is 552 g/mol. The summed E-state index contributed by atoms with van der Waals surface area (Å²) in [4.78, 5) is 38.7. The topological polar surface area (TPSA) is 87.7 Å². The van der Waals surface area contributed by atoms with Crippen molar-refractivity contribution >= 4 is 46.6 Å². The maximum Gasteiger partial charge on any atom is 0.417 e. The molecule has 12 heteroatoms. The Morgan fingerprint density at radius 1 is 1.03 bits per heavy atom. The Balaban J connectivity index is 1.42. The predicted octanol–water partition coefficient (Wildman–Crippen LogP) is 5.16. The van der Waals surface area contributed by atoms with Crippen molar-refractivity contribution in [1.29, 1.82) is 0 Å². The first kappa shape index (κ1) is 26.5. The lowest BCUT2D eigenvalue weighted by molar-refractivity contribution is -0.137. The van der Waals surface area contributed by atoms with E-state index < -0.39 is 40.5 Å². The van der Waals surface area contributed by atoms with Gasteiger partial charge in [0.15, 0.2) is 0 Å². The maximum atomic E-state index is 13.2. The van der Waals surface area contributed by atoms with E-state index in [9.17, 15) is 27.6 Å². The van der Waals surface area contributed by atoms with Gasteiger partial charge in [-0.15, -0.1) is 0 Å². The summed E-state index contributed by atoms with van der Waals surface area (Å²) in [5, 5.41) is 0.0131. The number of imide groups is 1. The average Bonchev–Trinajstić information content (AvgIpc) is 3.14. The molecule has 1 heterocycles. The van der Waals surface area contributed by atoms with Crippen LogP contribution in [0.3, 0.4) is 0 Å². The molecule has 0 aromatic heterocycles. The lowest BCUT2D eigenvalue weighted by Crippen LogP contribution is -2.48. The van der Waals surface area contributed by atoms with Gasteiger partial charge in [-0.25, -0.2) is 10.3 Å². The number of nitrogens with zero attached hydrogens (tertiary/aromatic N) is 1. The van der Waals surface area contributed by atoms with Gasteiger partial charge in [-0.3, -0.25) is 19.8 Å². The molecule has 3 aromatic carbocycles. The molecule has 0 spiro atoms. The summed E-state index contributed by atoms with van der Waals surface area (Å²) in [5.41, 5.74) is 4.39. The third-order valence-corrected chi connectivity index (χ3v) is 6.04. The summed E-state index contributed by atoms with van der Waals surface area (Å²) < 4.78 is 45.4. The zero-order chi connectivity index (χ0) is 26.7. The van der Waals surface area contributed by atoms with Crippen molar-refractivity contribution in [3.05, 3.63) is 93.5 Å². The molecule has 1 unspecified atom stereocenters. The van der Waals surface area contributed by atoms with Gasteiger partial charge in [0.25, 0.3) is 11.8 Å². The van der Waals surface area contributed by atoms with Crippen LogP contribution in [0.15, 0.2) is 66.7 Å². The van der Waals surface area contributed by atoms with Crippen LogP contribution in [0.1, 0.15) is 27.9 Å². The van der Waals surface area contributed by atoms with Gasteiger partial charge < -0.3 is 4.74 Å². The number of anilines is 1. The van der Waals surface area contributed by atoms with E-state index in [1.807, 2.05) is 0 Å². The number of benzene rings is 3. The molecule has 4 rings (SSSR count). The number of hydrogen-bond donors (Lipinski definition) is 2. The normalized spacial score (nSPS) is 15.7. The van der Waals surface area contributed by atoms with Gasteiger partial charge in [0.05, 0.1) is 28.3 Å². The second-order valence-corrected chi connectivity index (χ2v) is 8.84. The highest BCUT2D eigenvalue weighted by atomic mass is 35.5. The Morgan fingerprint density at radius 2 is 1.73 bits per heavy atom. The summed E-state index contributed by atoms with van der Waals surface area (Å²) in [6.45, 7) is 0.167. The SMILES string of the molecule is O=C(NNC1CC(=O)N(c2ccc(Cl)c(C(F)(F)F)c2)C1=O)c1ccccc1OCc1ccc(Cl)cc1. The summed E-state index contributed by atoms with van der Waals surface area (Å²) >= 11 is 11.5. The van der Waals surface area contributed by atoms with E-state index in [1.165, 1.54) is 6.07 Å². The molecule has 0 aliphatic carbocycles. The molecule has 2 N–H and O–H groups in total. The number of alkyl halides is 3. The number of hydrazine groups is 1. The molecular weight excluding hydrogens is 534 g/mol. The highest BCUT2D eigenvalue weighted by Crippen LogP contribution is 2.37. The molecule has 1 aliphatic rings. The lowest BCUT2D eigenvalue weighted by atomic mass is 10.2. The minimum absolute atomic E-state index is 0.158. The quantitative estimate of drug-likeness (QED) is 0.313. The molecule has 7 nitrogen and oxygen atoms in total. The van der Waals surface area contributed by atoms with Gasteiger partial charge in [-0.1, -0.05) is 47.5 Å². The standard InChI is InChI=1S/C25H18Cl2F3N3O4/c26-15-7-5-14(6-8-15)13-37-21-4-2-1-3-17(21)23(35)32-31-20-12-22(34)33(24(20)36)16-9-10-19(27)18(11-16)25(28,29)30/h1-11,20,31H,12-13H2,(H,32,35). The summed E-state index contributed by atoms with van der Waals surface area (Å²) in [6.07, 6.45) is -5.15. The summed E-state index contributed by atoms with van der Waals surface area (Å²) in [5.74, 6) is -1.93. The second kappa shape index (κ2) is 10.8. The molecule has 1 saturated heterocycles. The fraction of sp³-hybridized carbons (Fsp3) is 0.160. The number of carbonyl (C=O) groups excluding carboxylic acids is 3. The van der Waals surface area contributed by atoms with Crippen LogP contribution in [0.5, 0.6) is 5.75 Å². The molecule has 3 aromatic rings. The Labute approximate surface area is 219 Å². The third kappa shape index (κ3) is 6.04. The Bertz CT molecular complexity index is 1350. The highest BCUT2D eigenvalue weighted by Gasteiger charge is 2.41. The first-order valence-corrected chi connectivity index (χ1v) is 11.6. The molecule has 0 bridgehead atoms. The largest absolute Gasteiger partial charge is 0.488 e. The minimum atomic E-state index is -4.77. The van der Waals surface area contributed by atoms with E-state index in [-0.39, 0.29) is 30.0 Å². The maximum absolute atomic E-state index is 13.2. The number of nitrogens with one attached hydrogen (secondary N) is 2. The van der Waals surface area contributed by atoms with Crippen molar-refractivity contribution in [2.75, 3.05) is 4.90 Å². The molecule has 0 radical (unpaired) electrons. The van der Waals surface area contributed by atoms with Crippen LogP contribution < -0.4 is 20.5 Å². The van der Waals surface area contributed by atoms with Crippen molar-refractivity contribution in [3.63, 3.8) is 0 Å². The highest BCUT2D eigenvalue weighted by molar-refractivity contribution is 6.32. The monoisotopic (exact) mass is 551 g/mol. The van der Waals surface area contributed by atoms with Crippen LogP contribution in [0.4, 0.5) is 18.9 Å². The Hall–Kier alpha value is -3.60. The van der Waals surface area contributed by atoms with E-state index in [0.717, 1.165) is 17.7 Å². The zero-order valence-corrected chi connectivity index (χ0v) is 20.3. The number of ether oxygens (including phenoxy) is 1. The fourth-order valence-electron chi connectivity index (χ4n) is 3.63. The van der Waals surface area contributed by atoms with E-state index >= 15 is 0 Å². The molecule has 1 aliphatic heterocycles. The van der Waals surface area contributed by atoms with Crippen molar-refractivity contribution in [1.82, 2.24) is 10.9 Å². The van der Waals surface area contributed by atoms with E-state index in [1.54, 1.807) is 42.5 Å². The van der Waals surface area contributed by atoms with Gasteiger partial charge in [-0.2, -0.15) is 13.2 Å². The third-order valence-electron chi connectivity index (χ3n) is 5.46. The van der Waals surface area contributed by atoms with Crippen molar-refractivity contribution in [3.8, 4) is 5.75 Å². The van der Waals surface area contributed by atoms with E-state index in [2.05, 4.69) is 10.9 Å². The molecule has 1 fully saturated rings. The van der Waals surface area contributed by atoms with Crippen LogP contribution in [0.25, 0.3) is 0 Å². The summed E-state index contributed by atoms with van der Waals surface area (Å²) in [7, 11) is 0. The van der Waals surface area contributed by atoms with Crippen LogP contribution in [-0.2, 0) is 22.4 Å². The van der Waals surface area contributed by atoms with Crippen LogP contribution >= 0.6 is 23.2 Å². The molecule has 3 amide bonds. The van der Waals surface area contributed by atoms with Crippen molar-refractivity contribution in [2.45, 2.75) is 25.2 Å². The first-order chi connectivity index (χ1) is 17.5.